The SMILES string of the molecule is CCCNC(c1ccc(F)c(Br)c1)C(CCC)CCC. The Morgan fingerprint density at radius 1 is 1.10 bits per heavy atom. The van der Waals surface area contributed by atoms with Gasteiger partial charge < -0.3 is 5.32 Å². The van der Waals surface area contributed by atoms with Crippen molar-refractivity contribution < 1.29 is 4.39 Å². The molecule has 0 bridgehead atoms. The van der Waals surface area contributed by atoms with Gasteiger partial charge in [-0.05, 0) is 65.4 Å². The second-order valence-electron chi connectivity index (χ2n) is 5.44. The Bertz CT molecular complexity index is 389. The standard InChI is InChI=1S/C17H27BrFN/c1-4-7-13(8-5-2)17(20-11-6-3)14-9-10-16(19)15(18)12-14/h9-10,12-13,17,20H,4-8,11H2,1-3H3. The predicted octanol–water partition coefficient (Wildman–Crippen LogP) is 5.85. The van der Waals surface area contributed by atoms with Crippen LogP contribution in [0.5, 0.6) is 0 Å². The Labute approximate surface area is 131 Å². The van der Waals surface area contributed by atoms with Crippen LogP contribution >= 0.6 is 15.9 Å². The highest BCUT2D eigenvalue weighted by molar-refractivity contribution is 9.10. The highest BCUT2D eigenvalue weighted by atomic mass is 79.9. The van der Waals surface area contributed by atoms with Crippen LogP contribution in [-0.2, 0) is 0 Å². The van der Waals surface area contributed by atoms with E-state index in [1.165, 1.54) is 31.2 Å². The number of rotatable bonds is 9. The predicted molar refractivity (Wildman–Crippen MR) is 88.4 cm³/mol. The zero-order chi connectivity index (χ0) is 15.0. The van der Waals surface area contributed by atoms with Gasteiger partial charge in [0.1, 0.15) is 5.82 Å². The normalized spacial score (nSPS) is 12.9. The molecule has 20 heavy (non-hydrogen) atoms. The summed E-state index contributed by atoms with van der Waals surface area (Å²) in [5.74, 6) is 0.430. The molecular weight excluding hydrogens is 317 g/mol. The molecule has 1 aromatic carbocycles. The summed E-state index contributed by atoms with van der Waals surface area (Å²) < 4.78 is 14.0. The van der Waals surface area contributed by atoms with Gasteiger partial charge in [-0.3, -0.25) is 0 Å². The summed E-state index contributed by atoms with van der Waals surface area (Å²) in [5, 5.41) is 3.66. The van der Waals surface area contributed by atoms with Gasteiger partial charge in [-0.15, -0.1) is 0 Å². The zero-order valence-corrected chi connectivity index (χ0v) is 14.5. The Morgan fingerprint density at radius 2 is 1.75 bits per heavy atom. The summed E-state index contributed by atoms with van der Waals surface area (Å²) in [6.07, 6.45) is 5.92. The van der Waals surface area contributed by atoms with Gasteiger partial charge in [-0.25, -0.2) is 4.39 Å². The molecule has 0 aliphatic rings. The van der Waals surface area contributed by atoms with E-state index in [0.717, 1.165) is 13.0 Å². The molecule has 0 aromatic heterocycles. The topological polar surface area (TPSA) is 12.0 Å². The first-order valence-corrected chi connectivity index (χ1v) is 8.61. The minimum absolute atomic E-state index is 0.189. The molecule has 114 valence electrons. The molecule has 1 aromatic rings. The lowest BCUT2D eigenvalue weighted by Crippen LogP contribution is -2.29. The van der Waals surface area contributed by atoms with Crippen LogP contribution in [0, 0.1) is 11.7 Å². The van der Waals surface area contributed by atoms with Crippen molar-refractivity contribution >= 4 is 15.9 Å². The molecule has 0 radical (unpaired) electrons. The average molecular weight is 344 g/mol. The summed E-state index contributed by atoms with van der Waals surface area (Å²) in [5.41, 5.74) is 1.19. The molecule has 1 rings (SSSR count). The molecule has 1 nitrogen and oxygen atoms in total. The number of halogens is 2. The number of benzene rings is 1. The summed E-state index contributed by atoms with van der Waals surface area (Å²) >= 11 is 3.31. The molecule has 0 amide bonds. The number of hydrogen-bond donors (Lipinski definition) is 1. The van der Waals surface area contributed by atoms with Crippen LogP contribution in [0.3, 0.4) is 0 Å². The highest BCUT2D eigenvalue weighted by Crippen LogP contribution is 2.31. The van der Waals surface area contributed by atoms with Gasteiger partial charge in [0.05, 0.1) is 4.47 Å². The Kier molecular flexibility index (Phi) is 8.39. The molecule has 0 fully saturated rings. The lowest BCUT2D eigenvalue weighted by atomic mass is 9.86. The van der Waals surface area contributed by atoms with E-state index in [9.17, 15) is 4.39 Å². The van der Waals surface area contributed by atoms with Gasteiger partial charge >= 0.3 is 0 Å². The first kappa shape index (κ1) is 17.6. The third kappa shape index (κ3) is 5.17. The third-order valence-electron chi connectivity index (χ3n) is 3.71. The van der Waals surface area contributed by atoms with Crippen LogP contribution in [0.2, 0.25) is 0 Å². The van der Waals surface area contributed by atoms with Crippen LogP contribution in [0.25, 0.3) is 0 Å². The quantitative estimate of drug-likeness (QED) is 0.593. The van der Waals surface area contributed by atoms with Crippen molar-refractivity contribution in [2.75, 3.05) is 6.54 Å². The summed E-state index contributed by atoms with van der Waals surface area (Å²) in [4.78, 5) is 0. The number of nitrogens with one attached hydrogen (secondary N) is 1. The number of hydrogen-bond acceptors (Lipinski definition) is 1. The van der Waals surface area contributed by atoms with Gasteiger partial charge in [-0.1, -0.05) is 39.7 Å². The van der Waals surface area contributed by atoms with Crippen LogP contribution < -0.4 is 5.32 Å². The molecule has 0 spiro atoms. The fourth-order valence-electron chi connectivity index (χ4n) is 2.78. The van der Waals surface area contributed by atoms with Crippen LogP contribution in [0.15, 0.2) is 22.7 Å². The molecular formula is C17H27BrFN. The van der Waals surface area contributed by atoms with E-state index < -0.39 is 0 Å². The molecule has 0 saturated carbocycles. The maximum absolute atomic E-state index is 13.4. The summed E-state index contributed by atoms with van der Waals surface area (Å²) in [6.45, 7) is 7.66. The fraction of sp³-hybridized carbons (Fsp3) is 0.647. The highest BCUT2D eigenvalue weighted by Gasteiger charge is 2.22. The van der Waals surface area contributed by atoms with Crippen molar-refractivity contribution in [1.29, 1.82) is 0 Å². The molecule has 0 saturated heterocycles. The zero-order valence-electron chi connectivity index (χ0n) is 12.9. The van der Waals surface area contributed by atoms with Crippen LogP contribution in [-0.4, -0.2) is 6.54 Å². The molecule has 0 aliphatic carbocycles. The lowest BCUT2D eigenvalue weighted by Gasteiger charge is -2.28. The second-order valence-corrected chi connectivity index (χ2v) is 6.30. The van der Waals surface area contributed by atoms with Gasteiger partial charge in [0.2, 0.25) is 0 Å². The maximum atomic E-state index is 13.4. The van der Waals surface area contributed by atoms with E-state index in [-0.39, 0.29) is 5.82 Å². The average Bonchev–Trinajstić information content (AvgIpc) is 2.43. The largest absolute Gasteiger partial charge is 0.310 e. The van der Waals surface area contributed by atoms with Crippen LogP contribution in [0.4, 0.5) is 4.39 Å². The Hall–Kier alpha value is -0.410. The van der Waals surface area contributed by atoms with Gasteiger partial charge in [0.15, 0.2) is 0 Å². The van der Waals surface area contributed by atoms with Gasteiger partial charge in [0.25, 0.3) is 0 Å². The third-order valence-corrected chi connectivity index (χ3v) is 4.32. The molecule has 0 heterocycles. The first-order valence-electron chi connectivity index (χ1n) is 7.82. The monoisotopic (exact) mass is 343 g/mol. The second kappa shape index (κ2) is 9.51. The molecule has 0 aliphatic heterocycles. The van der Waals surface area contributed by atoms with Gasteiger partial charge in [-0.2, -0.15) is 0 Å². The minimum atomic E-state index is -0.189. The van der Waals surface area contributed by atoms with Crippen molar-refractivity contribution in [2.45, 2.75) is 58.9 Å². The van der Waals surface area contributed by atoms with Crippen LogP contribution in [0.1, 0.15) is 64.5 Å². The minimum Gasteiger partial charge on any atom is -0.310 e. The van der Waals surface area contributed by atoms with Crippen molar-refractivity contribution in [2.24, 2.45) is 5.92 Å². The van der Waals surface area contributed by atoms with Crippen molar-refractivity contribution in [3.8, 4) is 0 Å². The Morgan fingerprint density at radius 3 is 2.25 bits per heavy atom. The summed E-state index contributed by atoms with van der Waals surface area (Å²) in [7, 11) is 0. The van der Waals surface area contributed by atoms with E-state index >= 15 is 0 Å². The van der Waals surface area contributed by atoms with Gasteiger partial charge in [0, 0.05) is 6.04 Å². The van der Waals surface area contributed by atoms with E-state index in [4.69, 9.17) is 0 Å². The molecule has 1 unspecified atom stereocenters. The molecule has 3 heteroatoms. The Balaban J connectivity index is 2.98. The maximum Gasteiger partial charge on any atom is 0.137 e. The fourth-order valence-corrected chi connectivity index (χ4v) is 3.18. The molecule has 1 atom stereocenters. The molecule has 1 N–H and O–H groups in total. The first-order chi connectivity index (χ1) is 9.63. The lowest BCUT2D eigenvalue weighted by molar-refractivity contribution is 0.316. The van der Waals surface area contributed by atoms with E-state index in [2.05, 4.69) is 42.0 Å². The van der Waals surface area contributed by atoms with E-state index in [1.54, 1.807) is 6.07 Å². The van der Waals surface area contributed by atoms with Crippen molar-refractivity contribution in [3.05, 3.63) is 34.1 Å². The van der Waals surface area contributed by atoms with Crippen molar-refractivity contribution in [3.63, 3.8) is 0 Å². The van der Waals surface area contributed by atoms with Crippen molar-refractivity contribution in [1.82, 2.24) is 5.32 Å². The summed E-state index contributed by atoms with van der Waals surface area (Å²) in [6, 6.07) is 5.74. The smallest absolute Gasteiger partial charge is 0.137 e. The van der Waals surface area contributed by atoms with E-state index in [1.807, 2.05) is 12.1 Å². The van der Waals surface area contributed by atoms with E-state index in [0.29, 0.717) is 16.4 Å².